The number of hydrogen-bond donors (Lipinski definition) is 0. The SMILES string of the molecule is COc1nc(I)cnc1C#N. The quantitative estimate of drug-likeness (QED) is 0.706. The molecule has 0 spiro atoms. The van der Waals surface area contributed by atoms with Crippen LogP contribution < -0.4 is 4.74 Å². The molecule has 0 saturated heterocycles. The Hall–Kier alpha value is -0.900. The number of ether oxygens (including phenoxy) is 1. The van der Waals surface area contributed by atoms with Gasteiger partial charge in [0.05, 0.1) is 13.3 Å². The third-order valence-electron chi connectivity index (χ3n) is 1.01. The lowest BCUT2D eigenvalue weighted by molar-refractivity contribution is 0.393. The fourth-order valence-electron chi connectivity index (χ4n) is 0.571. The van der Waals surface area contributed by atoms with Crippen LogP contribution in [0.15, 0.2) is 6.20 Å². The van der Waals surface area contributed by atoms with Crippen molar-refractivity contribution in [1.29, 1.82) is 5.26 Å². The summed E-state index contributed by atoms with van der Waals surface area (Å²) >= 11 is 2.00. The molecule has 0 aliphatic rings. The molecule has 0 aliphatic carbocycles. The van der Waals surface area contributed by atoms with Crippen molar-refractivity contribution in [2.24, 2.45) is 0 Å². The normalized spacial score (nSPS) is 8.82. The molecule has 0 aliphatic heterocycles. The van der Waals surface area contributed by atoms with Gasteiger partial charge in [0.15, 0.2) is 0 Å². The Bertz CT molecular complexity index is 307. The Balaban J connectivity index is 3.19. The molecule has 0 radical (unpaired) electrons. The van der Waals surface area contributed by atoms with Crippen LogP contribution in [-0.2, 0) is 0 Å². The molecule has 1 aromatic heterocycles. The molecule has 1 heterocycles. The zero-order valence-corrected chi connectivity index (χ0v) is 7.86. The van der Waals surface area contributed by atoms with E-state index in [0.717, 1.165) is 0 Å². The smallest absolute Gasteiger partial charge is 0.251 e. The maximum absolute atomic E-state index is 8.51. The third-order valence-corrected chi connectivity index (χ3v) is 1.53. The van der Waals surface area contributed by atoms with Crippen molar-refractivity contribution in [3.63, 3.8) is 0 Å². The predicted molar refractivity (Wildman–Crippen MR) is 46.0 cm³/mol. The van der Waals surface area contributed by atoms with Gasteiger partial charge >= 0.3 is 0 Å². The van der Waals surface area contributed by atoms with Gasteiger partial charge in [-0.25, -0.2) is 9.97 Å². The van der Waals surface area contributed by atoms with Gasteiger partial charge in [-0.15, -0.1) is 0 Å². The van der Waals surface area contributed by atoms with Crippen LogP contribution in [0.25, 0.3) is 0 Å². The van der Waals surface area contributed by atoms with Crippen LogP contribution >= 0.6 is 22.6 Å². The third kappa shape index (κ3) is 1.77. The van der Waals surface area contributed by atoms with Gasteiger partial charge in [0.2, 0.25) is 5.69 Å². The number of methoxy groups -OCH3 is 1. The van der Waals surface area contributed by atoms with Gasteiger partial charge < -0.3 is 4.74 Å². The minimum absolute atomic E-state index is 0.216. The van der Waals surface area contributed by atoms with E-state index in [1.807, 2.05) is 28.7 Å². The molecule has 5 heteroatoms. The highest BCUT2D eigenvalue weighted by Gasteiger charge is 2.04. The van der Waals surface area contributed by atoms with E-state index in [0.29, 0.717) is 3.70 Å². The van der Waals surface area contributed by atoms with Gasteiger partial charge in [0.25, 0.3) is 5.88 Å². The molecule has 0 atom stereocenters. The van der Waals surface area contributed by atoms with Crippen LogP contribution in [-0.4, -0.2) is 17.1 Å². The number of nitrogens with zero attached hydrogens (tertiary/aromatic N) is 3. The Morgan fingerprint density at radius 2 is 2.45 bits per heavy atom. The zero-order chi connectivity index (χ0) is 8.27. The molecule has 0 unspecified atom stereocenters. The highest BCUT2D eigenvalue weighted by molar-refractivity contribution is 14.1. The average molecular weight is 261 g/mol. The fourth-order valence-corrected chi connectivity index (χ4v) is 0.929. The van der Waals surface area contributed by atoms with E-state index in [2.05, 4.69) is 9.97 Å². The van der Waals surface area contributed by atoms with E-state index in [-0.39, 0.29) is 11.6 Å². The first-order valence-corrected chi connectivity index (χ1v) is 3.82. The Labute approximate surface area is 77.4 Å². The molecule has 0 fully saturated rings. The van der Waals surface area contributed by atoms with Crippen LogP contribution in [0.2, 0.25) is 0 Å². The monoisotopic (exact) mass is 261 g/mol. The van der Waals surface area contributed by atoms with E-state index < -0.39 is 0 Å². The van der Waals surface area contributed by atoms with E-state index in [4.69, 9.17) is 10.00 Å². The molecule has 0 N–H and O–H groups in total. The molecule has 0 bridgehead atoms. The number of nitriles is 1. The highest BCUT2D eigenvalue weighted by Crippen LogP contribution is 2.11. The lowest BCUT2D eigenvalue weighted by Crippen LogP contribution is -1.96. The first-order valence-electron chi connectivity index (χ1n) is 2.74. The summed E-state index contributed by atoms with van der Waals surface area (Å²) in [6, 6.07) is 1.87. The Morgan fingerprint density at radius 1 is 1.73 bits per heavy atom. The molecule has 0 amide bonds. The second-order valence-corrected chi connectivity index (χ2v) is 2.77. The van der Waals surface area contributed by atoms with Crippen molar-refractivity contribution in [3.05, 3.63) is 15.6 Å². The van der Waals surface area contributed by atoms with Crippen molar-refractivity contribution < 1.29 is 4.74 Å². The standard InChI is InChI=1S/C6H4IN3O/c1-11-6-4(2-8)9-3-5(7)10-6/h3H,1H3. The summed E-state index contributed by atoms with van der Waals surface area (Å²) < 4.78 is 5.52. The number of rotatable bonds is 1. The molecule has 1 aromatic rings. The fraction of sp³-hybridized carbons (Fsp3) is 0.167. The summed E-state index contributed by atoms with van der Waals surface area (Å²) in [4.78, 5) is 7.75. The second-order valence-electron chi connectivity index (χ2n) is 1.66. The molecule has 0 aromatic carbocycles. The molecule has 0 saturated carbocycles. The highest BCUT2D eigenvalue weighted by atomic mass is 127. The average Bonchev–Trinajstić information content (AvgIpc) is 2.04. The first-order chi connectivity index (χ1) is 5.27. The van der Waals surface area contributed by atoms with Crippen molar-refractivity contribution in [2.45, 2.75) is 0 Å². The Morgan fingerprint density at radius 3 is 3.00 bits per heavy atom. The van der Waals surface area contributed by atoms with Crippen LogP contribution in [0, 0.1) is 15.0 Å². The maximum Gasteiger partial charge on any atom is 0.251 e. The summed E-state index contributed by atoms with van der Waals surface area (Å²) in [5, 5.41) is 8.51. The van der Waals surface area contributed by atoms with Crippen molar-refractivity contribution in [3.8, 4) is 11.9 Å². The Kier molecular flexibility index (Phi) is 2.59. The number of aromatic nitrogens is 2. The molecular formula is C6H4IN3O. The largest absolute Gasteiger partial charge is 0.479 e. The van der Waals surface area contributed by atoms with Crippen LogP contribution in [0.1, 0.15) is 5.69 Å². The molecule has 4 nitrogen and oxygen atoms in total. The number of halogens is 1. The summed E-state index contributed by atoms with van der Waals surface area (Å²) in [7, 11) is 1.46. The topological polar surface area (TPSA) is 58.8 Å². The van der Waals surface area contributed by atoms with Crippen molar-refractivity contribution in [2.75, 3.05) is 7.11 Å². The van der Waals surface area contributed by atoms with Gasteiger partial charge in [-0.3, -0.25) is 0 Å². The van der Waals surface area contributed by atoms with Crippen molar-refractivity contribution >= 4 is 22.6 Å². The summed E-state index contributed by atoms with van der Waals surface area (Å²) in [5.41, 5.74) is 0.216. The van der Waals surface area contributed by atoms with Crippen LogP contribution in [0.4, 0.5) is 0 Å². The lowest BCUT2D eigenvalue weighted by Gasteiger charge is -1.98. The molecule has 1 rings (SSSR count). The van der Waals surface area contributed by atoms with Crippen molar-refractivity contribution in [1.82, 2.24) is 9.97 Å². The summed E-state index contributed by atoms with van der Waals surface area (Å²) in [5.74, 6) is 0.277. The predicted octanol–water partition coefficient (Wildman–Crippen LogP) is 0.961. The first kappa shape index (κ1) is 8.20. The summed E-state index contributed by atoms with van der Waals surface area (Å²) in [6.07, 6.45) is 1.52. The summed E-state index contributed by atoms with van der Waals surface area (Å²) in [6.45, 7) is 0. The van der Waals surface area contributed by atoms with Gasteiger partial charge in [-0.1, -0.05) is 0 Å². The van der Waals surface area contributed by atoms with Crippen LogP contribution in [0.5, 0.6) is 5.88 Å². The minimum Gasteiger partial charge on any atom is -0.479 e. The van der Waals surface area contributed by atoms with Crippen LogP contribution in [0.3, 0.4) is 0 Å². The second kappa shape index (κ2) is 3.48. The van der Waals surface area contributed by atoms with Gasteiger partial charge in [-0.05, 0) is 22.6 Å². The molecule has 11 heavy (non-hydrogen) atoms. The van der Waals surface area contributed by atoms with E-state index >= 15 is 0 Å². The molecule has 56 valence electrons. The van der Waals surface area contributed by atoms with E-state index in [1.54, 1.807) is 0 Å². The molecular weight excluding hydrogens is 257 g/mol. The van der Waals surface area contributed by atoms with E-state index in [9.17, 15) is 0 Å². The van der Waals surface area contributed by atoms with Gasteiger partial charge in [-0.2, -0.15) is 5.26 Å². The lowest BCUT2D eigenvalue weighted by atomic mass is 10.5. The van der Waals surface area contributed by atoms with E-state index in [1.165, 1.54) is 13.3 Å². The minimum atomic E-state index is 0.216. The number of hydrogen-bond acceptors (Lipinski definition) is 4. The zero-order valence-electron chi connectivity index (χ0n) is 5.71. The van der Waals surface area contributed by atoms with Gasteiger partial charge in [0.1, 0.15) is 9.77 Å². The van der Waals surface area contributed by atoms with Gasteiger partial charge in [0, 0.05) is 0 Å². The maximum atomic E-state index is 8.51.